The first kappa shape index (κ1) is 24.5. The number of H-pyrrole nitrogens is 1. The molecule has 0 atom stereocenters. The van der Waals surface area contributed by atoms with Gasteiger partial charge in [0.25, 0.3) is 0 Å². The van der Waals surface area contributed by atoms with Crippen molar-refractivity contribution in [1.82, 2.24) is 10.2 Å². The quantitative estimate of drug-likeness (QED) is 0.277. The zero-order valence-corrected chi connectivity index (χ0v) is 19.7. The molecule has 0 amide bonds. The van der Waals surface area contributed by atoms with Gasteiger partial charge in [0.1, 0.15) is 18.2 Å². The Labute approximate surface area is 206 Å². The van der Waals surface area contributed by atoms with Crippen LogP contribution in [0.2, 0.25) is 0 Å². The molecule has 4 aromatic rings. The number of carbonyl (C=O) groups is 2. The van der Waals surface area contributed by atoms with Crippen LogP contribution < -0.4 is 10.5 Å². The van der Waals surface area contributed by atoms with Crippen molar-refractivity contribution < 1.29 is 28.2 Å². The highest BCUT2D eigenvalue weighted by molar-refractivity contribution is 6.00. The number of benzene rings is 3. The number of esters is 2. The Bertz CT molecular complexity index is 1370. The number of aromatic amines is 1. The van der Waals surface area contributed by atoms with Gasteiger partial charge in [-0.3, -0.25) is 14.7 Å². The van der Waals surface area contributed by atoms with Crippen LogP contribution in [0.15, 0.2) is 72.8 Å². The Morgan fingerprint density at radius 3 is 2.33 bits per heavy atom. The highest BCUT2D eigenvalue weighted by atomic mass is 19.1. The van der Waals surface area contributed by atoms with E-state index >= 15 is 0 Å². The number of nitrogens with zero attached hydrogens (tertiary/aromatic N) is 1. The van der Waals surface area contributed by atoms with Crippen LogP contribution in [0.1, 0.15) is 17.0 Å². The van der Waals surface area contributed by atoms with E-state index in [0.717, 1.165) is 11.1 Å². The molecule has 0 aliphatic rings. The minimum atomic E-state index is -1.17. The fourth-order valence-corrected chi connectivity index (χ4v) is 3.85. The molecule has 9 heteroatoms. The monoisotopic (exact) mass is 489 g/mol. The predicted molar refractivity (Wildman–Crippen MR) is 131 cm³/mol. The number of nitrogens with two attached hydrogens (primary N) is 1. The number of hydrogen-bond donors (Lipinski definition) is 2. The molecule has 0 aliphatic heterocycles. The summed E-state index contributed by atoms with van der Waals surface area (Å²) in [6.45, 7) is 0.239. The fourth-order valence-electron chi connectivity index (χ4n) is 3.85. The largest absolute Gasteiger partial charge is 0.489 e. The van der Waals surface area contributed by atoms with Crippen LogP contribution in [0, 0.1) is 5.82 Å². The van der Waals surface area contributed by atoms with E-state index in [1.165, 1.54) is 20.3 Å². The zero-order valence-electron chi connectivity index (χ0n) is 19.7. The number of nitrogen functional groups attached to an aromatic ring is 1. The summed E-state index contributed by atoms with van der Waals surface area (Å²) in [5.74, 6) is -2.24. The summed E-state index contributed by atoms with van der Waals surface area (Å²) in [5, 5.41) is 6.99. The normalized spacial score (nSPS) is 10.8. The molecule has 1 heterocycles. The minimum absolute atomic E-state index is 0.203. The zero-order chi connectivity index (χ0) is 25.7. The van der Waals surface area contributed by atoms with Crippen LogP contribution in [0.3, 0.4) is 0 Å². The number of halogens is 1. The Morgan fingerprint density at radius 1 is 0.972 bits per heavy atom. The third kappa shape index (κ3) is 5.05. The number of anilines is 1. The number of hydrogen-bond acceptors (Lipinski definition) is 7. The highest BCUT2D eigenvalue weighted by Gasteiger charge is 2.30. The van der Waals surface area contributed by atoms with Crippen LogP contribution in [-0.2, 0) is 25.7 Å². The number of carbonyl (C=O) groups excluding carboxylic acids is 2. The maximum absolute atomic E-state index is 14.5. The van der Waals surface area contributed by atoms with E-state index in [0.29, 0.717) is 28.1 Å². The van der Waals surface area contributed by atoms with Crippen molar-refractivity contribution in [2.45, 2.75) is 12.5 Å². The summed E-state index contributed by atoms with van der Waals surface area (Å²) in [5.41, 5.74) is 9.55. The molecule has 0 aliphatic carbocycles. The van der Waals surface area contributed by atoms with Crippen LogP contribution in [0.5, 0.6) is 5.75 Å². The second-order valence-corrected chi connectivity index (χ2v) is 7.88. The Morgan fingerprint density at radius 2 is 1.67 bits per heavy atom. The van der Waals surface area contributed by atoms with Gasteiger partial charge in [-0.1, -0.05) is 48.5 Å². The van der Waals surface area contributed by atoms with Crippen LogP contribution in [0.4, 0.5) is 10.2 Å². The van der Waals surface area contributed by atoms with Gasteiger partial charge in [0.15, 0.2) is 11.7 Å². The van der Waals surface area contributed by atoms with Crippen molar-refractivity contribution in [1.29, 1.82) is 0 Å². The summed E-state index contributed by atoms with van der Waals surface area (Å²) in [4.78, 5) is 24.0. The molecular formula is C27H24FN3O5. The predicted octanol–water partition coefficient (Wildman–Crippen LogP) is 4.47. The van der Waals surface area contributed by atoms with E-state index < -0.39 is 23.7 Å². The number of nitrogens with one attached hydrogen (secondary N) is 1. The first-order valence-electron chi connectivity index (χ1n) is 11.0. The van der Waals surface area contributed by atoms with Crippen LogP contribution in [-0.4, -0.2) is 36.4 Å². The lowest BCUT2D eigenvalue weighted by Crippen LogP contribution is -2.24. The molecule has 8 nitrogen and oxygen atoms in total. The lowest BCUT2D eigenvalue weighted by molar-refractivity contribution is -0.154. The summed E-state index contributed by atoms with van der Waals surface area (Å²) < 4.78 is 29.8. The molecule has 0 saturated carbocycles. The molecule has 184 valence electrons. The van der Waals surface area contributed by atoms with E-state index in [2.05, 4.69) is 10.2 Å². The number of methoxy groups -OCH3 is 2. The molecule has 0 bridgehead atoms. The number of aromatic nitrogens is 2. The Kier molecular flexibility index (Phi) is 7.29. The van der Waals surface area contributed by atoms with Crippen molar-refractivity contribution in [3.05, 3.63) is 89.7 Å². The van der Waals surface area contributed by atoms with Crippen molar-refractivity contribution in [2.75, 3.05) is 20.0 Å². The van der Waals surface area contributed by atoms with E-state index in [1.807, 2.05) is 24.3 Å². The topological polar surface area (TPSA) is 117 Å². The number of ether oxygens (including phenoxy) is 3. The standard InChI is InChI=1S/C27H24FN3O5/c1-34-26(32)22(27(33)35-2)17-10-12-19(13-11-17)36-15-16-6-5-7-18(14-16)24-23(25(29)31-30-24)20-8-3-4-9-21(20)28/h3-14,22H,15H2,1-2H3,(H3,29,30,31). The molecule has 1 aromatic heterocycles. The second kappa shape index (κ2) is 10.7. The third-order valence-corrected chi connectivity index (χ3v) is 5.65. The van der Waals surface area contributed by atoms with E-state index in [-0.39, 0.29) is 12.4 Å². The average Bonchev–Trinajstić information content (AvgIpc) is 3.29. The van der Waals surface area contributed by atoms with E-state index in [9.17, 15) is 14.0 Å². The first-order chi connectivity index (χ1) is 17.4. The average molecular weight is 490 g/mol. The minimum Gasteiger partial charge on any atom is -0.489 e. The van der Waals surface area contributed by atoms with Gasteiger partial charge in [0, 0.05) is 11.1 Å². The van der Waals surface area contributed by atoms with Crippen molar-refractivity contribution >= 4 is 17.8 Å². The van der Waals surface area contributed by atoms with Crippen LogP contribution in [0.25, 0.3) is 22.4 Å². The van der Waals surface area contributed by atoms with Gasteiger partial charge in [0.2, 0.25) is 0 Å². The molecule has 36 heavy (non-hydrogen) atoms. The molecule has 0 fully saturated rings. The van der Waals surface area contributed by atoms with Gasteiger partial charge in [-0.2, -0.15) is 5.10 Å². The fraction of sp³-hybridized carbons (Fsp3) is 0.148. The molecule has 0 saturated heterocycles. The molecule has 3 aromatic carbocycles. The highest BCUT2D eigenvalue weighted by Crippen LogP contribution is 2.36. The first-order valence-corrected chi connectivity index (χ1v) is 11.0. The maximum atomic E-state index is 14.5. The lowest BCUT2D eigenvalue weighted by atomic mass is 9.99. The van der Waals surface area contributed by atoms with Crippen molar-refractivity contribution in [3.63, 3.8) is 0 Å². The van der Waals surface area contributed by atoms with E-state index in [1.54, 1.807) is 42.5 Å². The van der Waals surface area contributed by atoms with Crippen molar-refractivity contribution in [2.24, 2.45) is 0 Å². The molecule has 0 radical (unpaired) electrons. The molecular weight excluding hydrogens is 465 g/mol. The van der Waals surface area contributed by atoms with Crippen LogP contribution >= 0.6 is 0 Å². The van der Waals surface area contributed by atoms with Gasteiger partial charge >= 0.3 is 11.9 Å². The SMILES string of the molecule is COC(=O)C(C(=O)OC)c1ccc(OCc2cccc(-c3[nH]nc(N)c3-c3ccccc3F)c2)cc1. The second-order valence-electron chi connectivity index (χ2n) is 7.88. The van der Waals surface area contributed by atoms with Gasteiger partial charge in [-0.15, -0.1) is 0 Å². The smallest absolute Gasteiger partial charge is 0.324 e. The Balaban J connectivity index is 1.52. The summed E-state index contributed by atoms with van der Waals surface area (Å²) in [6, 6.07) is 20.4. The van der Waals surface area contributed by atoms with E-state index in [4.69, 9.17) is 19.9 Å². The molecule has 0 unspecified atom stereocenters. The lowest BCUT2D eigenvalue weighted by Gasteiger charge is -2.14. The maximum Gasteiger partial charge on any atom is 0.324 e. The summed E-state index contributed by atoms with van der Waals surface area (Å²) in [7, 11) is 2.42. The summed E-state index contributed by atoms with van der Waals surface area (Å²) >= 11 is 0. The molecule has 0 spiro atoms. The molecule has 4 rings (SSSR count). The number of rotatable bonds is 8. The summed E-state index contributed by atoms with van der Waals surface area (Å²) in [6.07, 6.45) is 0. The van der Waals surface area contributed by atoms with Gasteiger partial charge in [-0.25, -0.2) is 4.39 Å². The van der Waals surface area contributed by atoms with Crippen molar-refractivity contribution in [3.8, 4) is 28.1 Å². The van der Waals surface area contributed by atoms with Gasteiger partial charge < -0.3 is 19.9 Å². The molecule has 3 N–H and O–H groups in total. The Hall–Kier alpha value is -4.66. The van der Waals surface area contributed by atoms with Gasteiger partial charge in [0.05, 0.1) is 25.5 Å². The van der Waals surface area contributed by atoms with Gasteiger partial charge in [-0.05, 0) is 35.4 Å². The third-order valence-electron chi connectivity index (χ3n) is 5.65.